The van der Waals surface area contributed by atoms with Crippen LogP contribution in [-0.4, -0.2) is 67.4 Å². The average molecular weight is 447 g/mol. The number of ether oxygens (including phenoxy) is 3. The second kappa shape index (κ2) is 9.80. The molecule has 0 unspecified atom stereocenters. The van der Waals surface area contributed by atoms with Crippen LogP contribution in [0.3, 0.4) is 0 Å². The lowest BCUT2D eigenvalue weighted by Gasteiger charge is -2.36. The first-order valence-corrected chi connectivity index (χ1v) is 10.4. The fourth-order valence-corrected chi connectivity index (χ4v) is 3.90. The maximum Gasteiger partial charge on any atom is 0.332 e. The predicted molar refractivity (Wildman–Crippen MR) is 120 cm³/mol. The molecular formula is C22H30N4O6. The van der Waals surface area contributed by atoms with Crippen LogP contribution in [0.5, 0.6) is 17.2 Å². The van der Waals surface area contributed by atoms with Crippen molar-refractivity contribution < 1.29 is 19.0 Å². The van der Waals surface area contributed by atoms with Gasteiger partial charge >= 0.3 is 5.69 Å². The van der Waals surface area contributed by atoms with Crippen molar-refractivity contribution >= 4 is 11.7 Å². The van der Waals surface area contributed by atoms with Gasteiger partial charge in [0.15, 0.2) is 11.5 Å². The zero-order chi connectivity index (χ0) is 23.4. The summed E-state index contributed by atoms with van der Waals surface area (Å²) in [5.41, 5.74) is 0.213. The third-order valence-corrected chi connectivity index (χ3v) is 5.81. The number of benzene rings is 1. The predicted octanol–water partition coefficient (Wildman–Crippen LogP) is 0.391. The summed E-state index contributed by atoms with van der Waals surface area (Å²) >= 11 is 0. The third kappa shape index (κ3) is 4.58. The minimum Gasteiger partial charge on any atom is -0.493 e. The van der Waals surface area contributed by atoms with Crippen molar-refractivity contribution in [2.45, 2.75) is 12.8 Å². The highest BCUT2D eigenvalue weighted by Crippen LogP contribution is 2.38. The van der Waals surface area contributed by atoms with Crippen molar-refractivity contribution in [3.8, 4) is 17.2 Å². The van der Waals surface area contributed by atoms with Crippen molar-refractivity contribution in [2.24, 2.45) is 14.1 Å². The molecule has 1 fully saturated rings. The highest BCUT2D eigenvalue weighted by Gasteiger charge is 2.23. The number of hydrogen-bond acceptors (Lipinski definition) is 7. The number of piperazine rings is 1. The van der Waals surface area contributed by atoms with Gasteiger partial charge in [-0.15, -0.1) is 0 Å². The zero-order valence-electron chi connectivity index (χ0n) is 19.2. The van der Waals surface area contributed by atoms with Crippen molar-refractivity contribution in [2.75, 3.05) is 52.4 Å². The van der Waals surface area contributed by atoms with E-state index in [1.165, 1.54) is 17.7 Å². The lowest BCUT2D eigenvalue weighted by Crippen LogP contribution is -2.51. The molecule has 1 aliphatic heterocycles. The van der Waals surface area contributed by atoms with Crippen molar-refractivity contribution in [3.63, 3.8) is 0 Å². The second-order valence-corrected chi connectivity index (χ2v) is 7.64. The van der Waals surface area contributed by atoms with E-state index in [4.69, 9.17) is 14.2 Å². The van der Waals surface area contributed by atoms with E-state index in [0.717, 1.165) is 10.1 Å². The average Bonchev–Trinajstić information content (AvgIpc) is 2.82. The summed E-state index contributed by atoms with van der Waals surface area (Å²) in [6, 6.07) is 5.16. The molecule has 3 rings (SSSR count). The molecule has 0 aliphatic carbocycles. The Kier molecular flexibility index (Phi) is 7.12. The van der Waals surface area contributed by atoms with Crippen LogP contribution < -0.4 is 30.4 Å². The molecule has 1 aromatic carbocycles. The number of aromatic nitrogens is 2. The first kappa shape index (κ1) is 23.2. The third-order valence-electron chi connectivity index (χ3n) is 5.81. The number of hydrogen-bond donors (Lipinski definition) is 0. The molecule has 0 bridgehead atoms. The summed E-state index contributed by atoms with van der Waals surface area (Å²) < 4.78 is 18.6. The zero-order valence-corrected chi connectivity index (χ0v) is 19.2. The number of amides is 1. The number of methoxy groups -OCH3 is 3. The highest BCUT2D eigenvalue weighted by atomic mass is 16.5. The number of anilines is 1. The number of aryl methyl sites for hydroxylation is 1. The lowest BCUT2D eigenvalue weighted by atomic mass is 10.1. The van der Waals surface area contributed by atoms with E-state index in [9.17, 15) is 14.4 Å². The summed E-state index contributed by atoms with van der Waals surface area (Å²) in [5, 5.41) is 0. The molecule has 1 aromatic heterocycles. The molecule has 0 spiro atoms. The van der Waals surface area contributed by atoms with Gasteiger partial charge in [0.25, 0.3) is 5.56 Å². The summed E-state index contributed by atoms with van der Waals surface area (Å²) in [6.45, 7) is 2.15. The topological polar surface area (TPSA) is 95.2 Å². The molecule has 0 saturated carbocycles. The Balaban J connectivity index is 1.62. The smallest absolute Gasteiger partial charge is 0.332 e. The quantitative estimate of drug-likeness (QED) is 0.607. The van der Waals surface area contributed by atoms with E-state index >= 15 is 0 Å². The van der Waals surface area contributed by atoms with E-state index in [-0.39, 0.29) is 17.2 Å². The summed E-state index contributed by atoms with van der Waals surface area (Å²) in [7, 11) is 7.77. The molecule has 0 radical (unpaired) electrons. The maximum absolute atomic E-state index is 12.8. The van der Waals surface area contributed by atoms with Crippen LogP contribution in [0, 0.1) is 0 Å². The van der Waals surface area contributed by atoms with Crippen molar-refractivity contribution in [1.82, 2.24) is 14.0 Å². The first-order valence-electron chi connectivity index (χ1n) is 10.4. The van der Waals surface area contributed by atoms with Gasteiger partial charge in [0, 0.05) is 52.8 Å². The maximum atomic E-state index is 12.8. The Labute approximate surface area is 186 Å². The fourth-order valence-electron chi connectivity index (χ4n) is 3.90. The highest BCUT2D eigenvalue weighted by molar-refractivity contribution is 5.77. The van der Waals surface area contributed by atoms with Crippen LogP contribution >= 0.6 is 0 Å². The van der Waals surface area contributed by atoms with E-state index in [2.05, 4.69) is 0 Å². The summed E-state index contributed by atoms with van der Waals surface area (Å²) in [5.74, 6) is 2.26. The van der Waals surface area contributed by atoms with E-state index in [1.807, 2.05) is 21.9 Å². The Morgan fingerprint density at radius 3 is 2.00 bits per heavy atom. The standard InChI is InChI=1S/C22H30N4O6/c1-23-18(14-20(28)24(2)22(23)29)25-8-10-26(11-9-25)19(27)7-6-15-12-16(30-3)21(32-5)17(13-15)31-4/h12-14H,6-11H2,1-5H3. The minimum atomic E-state index is -0.364. The molecule has 1 amide bonds. The van der Waals surface area contributed by atoms with E-state index in [0.29, 0.717) is 62.1 Å². The van der Waals surface area contributed by atoms with Crippen molar-refractivity contribution in [3.05, 3.63) is 44.6 Å². The Morgan fingerprint density at radius 2 is 1.47 bits per heavy atom. The number of nitrogens with zero attached hydrogens (tertiary/aromatic N) is 4. The van der Waals surface area contributed by atoms with Gasteiger partial charge in [0.2, 0.25) is 11.7 Å². The molecule has 2 aromatic rings. The molecule has 10 heteroatoms. The van der Waals surface area contributed by atoms with Crippen LogP contribution in [0.4, 0.5) is 5.82 Å². The van der Waals surface area contributed by atoms with Gasteiger partial charge in [0.05, 0.1) is 21.3 Å². The Morgan fingerprint density at radius 1 is 0.875 bits per heavy atom. The van der Waals surface area contributed by atoms with Crippen molar-refractivity contribution in [1.29, 1.82) is 0 Å². The molecule has 0 N–H and O–H groups in total. The summed E-state index contributed by atoms with van der Waals surface area (Å²) in [6.07, 6.45) is 0.891. The van der Waals surface area contributed by atoms with Crippen LogP contribution in [0.15, 0.2) is 27.8 Å². The normalized spacial score (nSPS) is 13.8. The van der Waals surface area contributed by atoms with Crippen LogP contribution in [0.25, 0.3) is 0 Å². The number of carbonyl (C=O) groups excluding carboxylic acids is 1. The lowest BCUT2D eigenvalue weighted by molar-refractivity contribution is -0.131. The molecule has 1 aliphatic rings. The minimum absolute atomic E-state index is 0.0521. The molecule has 32 heavy (non-hydrogen) atoms. The van der Waals surface area contributed by atoms with Gasteiger partial charge < -0.3 is 24.0 Å². The second-order valence-electron chi connectivity index (χ2n) is 7.64. The Bertz CT molecular complexity index is 1070. The largest absolute Gasteiger partial charge is 0.493 e. The molecule has 0 atom stereocenters. The van der Waals surface area contributed by atoms with Gasteiger partial charge in [-0.3, -0.25) is 18.7 Å². The van der Waals surface area contributed by atoms with Gasteiger partial charge in [-0.05, 0) is 24.1 Å². The molecule has 2 heterocycles. The molecule has 174 valence electrons. The summed E-state index contributed by atoms with van der Waals surface area (Å²) in [4.78, 5) is 40.8. The fraction of sp³-hybridized carbons (Fsp3) is 0.500. The van der Waals surface area contributed by atoms with Crippen LogP contribution in [0.2, 0.25) is 0 Å². The van der Waals surface area contributed by atoms with Gasteiger partial charge in [-0.25, -0.2) is 4.79 Å². The van der Waals surface area contributed by atoms with E-state index < -0.39 is 0 Å². The number of carbonyl (C=O) groups is 1. The van der Waals surface area contributed by atoms with Gasteiger partial charge in [-0.2, -0.15) is 0 Å². The van der Waals surface area contributed by atoms with Gasteiger partial charge in [-0.1, -0.05) is 0 Å². The van der Waals surface area contributed by atoms with E-state index in [1.54, 1.807) is 28.4 Å². The first-order chi connectivity index (χ1) is 15.3. The number of rotatable bonds is 7. The SMILES string of the molecule is COc1cc(CCC(=O)N2CCN(c3cc(=O)n(C)c(=O)n3C)CC2)cc(OC)c1OC. The Hall–Kier alpha value is -3.43. The molecule has 10 nitrogen and oxygen atoms in total. The molecular weight excluding hydrogens is 416 g/mol. The van der Waals surface area contributed by atoms with Gasteiger partial charge in [0.1, 0.15) is 5.82 Å². The molecule has 1 saturated heterocycles. The van der Waals surface area contributed by atoms with Crippen LogP contribution in [0.1, 0.15) is 12.0 Å². The van der Waals surface area contributed by atoms with Crippen LogP contribution in [-0.2, 0) is 25.3 Å². The monoisotopic (exact) mass is 446 g/mol.